The molecule has 1 N–H and O–H groups in total. The van der Waals surface area contributed by atoms with Crippen LogP contribution in [0.25, 0.3) is 17.0 Å². The number of benzene rings is 1. The highest BCUT2D eigenvalue weighted by molar-refractivity contribution is 6.04. The van der Waals surface area contributed by atoms with Crippen molar-refractivity contribution in [3.05, 3.63) is 41.6 Å². The highest BCUT2D eigenvalue weighted by Gasteiger charge is 2.26. The van der Waals surface area contributed by atoms with E-state index in [-0.39, 0.29) is 36.0 Å². The Hall–Kier alpha value is -3.07. The fraction of sp³-hybridized carbons (Fsp3) is 0.435. The van der Waals surface area contributed by atoms with Crippen LogP contribution in [0.5, 0.6) is 0 Å². The molecule has 1 aromatic heterocycles. The van der Waals surface area contributed by atoms with Gasteiger partial charge in [0.2, 0.25) is 5.91 Å². The molecule has 6 heteroatoms. The van der Waals surface area contributed by atoms with E-state index in [2.05, 4.69) is 12.2 Å². The second kappa shape index (κ2) is 8.12. The summed E-state index contributed by atoms with van der Waals surface area (Å²) in [7, 11) is 0. The highest BCUT2D eigenvalue weighted by Crippen LogP contribution is 2.25. The molecule has 1 saturated carbocycles. The third kappa shape index (κ3) is 4.19. The molecule has 1 aromatic carbocycles. The lowest BCUT2D eigenvalue weighted by atomic mass is 10.0. The lowest BCUT2D eigenvalue weighted by Crippen LogP contribution is -2.43. The number of para-hydroxylation sites is 1. The van der Waals surface area contributed by atoms with Gasteiger partial charge in [0.1, 0.15) is 18.2 Å². The molecule has 2 aromatic rings. The predicted octanol–water partition coefficient (Wildman–Crippen LogP) is 3.23. The normalized spacial score (nSPS) is 19.8. The van der Waals surface area contributed by atoms with Crippen LogP contribution >= 0.6 is 0 Å². The number of nitrogens with one attached hydrogen (secondary N) is 1. The summed E-state index contributed by atoms with van der Waals surface area (Å²) in [6, 6.07) is 10.3. The highest BCUT2D eigenvalue weighted by atomic mass is 16.2. The molecular weight excluding hydrogens is 364 g/mol. The lowest BCUT2D eigenvalue weighted by molar-refractivity contribution is -0.135. The largest absolute Gasteiger partial charge is 0.349 e. The Balaban J connectivity index is 1.62. The summed E-state index contributed by atoms with van der Waals surface area (Å²) >= 11 is 0. The van der Waals surface area contributed by atoms with Crippen molar-refractivity contribution in [1.29, 1.82) is 5.26 Å². The van der Waals surface area contributed by atoms with Crippen molar-refractivity contribution in [2.24, 2.45) is 0 Å². The molecule has 0 spiro atoms. The molecular formula is C23H26N4O2. The number of rotatable bonds is 5. The van der Waals surface area contributed by atoms with Crippen LogP contribution in [0, 0.1) is 11.3 Å². The summed E-state index contributed by atoms with van der Waals surface area (Å²) in [6.07, 6.45) is 8.73. The number of hydrogen-bond donors (Lipinski definition) is 1. The molecule has 0 radical (unpaired) electrons. The lowest BCUT2D eigenvalue weighted by Gasteiger charge is -2.33. The Kier molecular flexibility index (Phi) is 5.39. The number of amides is 2. The number of nitriles is 1. The summed E-state index contributed by atoms with van der Waals surface area (Å²) in [5.41, 5.74) is 1.80. The molecule has 29 heavy (non-hydrogen) atoms. The van der Waals surface area contributed by atoms with Crippen molar-refractivity contribution in [2.75, 3.05) is 6.54 Å². The molecule has 2 amide bonds. The van der Waals surface area contributed by atoms with Crippen molar-refractivity contribution >= 4 is 28.8 Å². The third-order valence-corrected chi connectivity index (χ3v) is 5.83. The van der Waals surface area contributed by atoms with E-state index in [1.807, 2.05) is 46.0 Å². The first-order valence-corrected chi connectivity index (χ1v) is 10.4. The Bertz CT molecular complexity index is 1010. The first-order valence-electron chi connectivity index (χ1n) is 10.4. The van der Waals surface area contributed by atoms with Crippen LogP contribution in [0.4, 0.5) is 0 Å². The third-order valence-electron chi connectivity index (χ3n) is 5.83. The zero-order valence-corrected chi connectivity index (χ0v) is 16.7. The first-order chi connectivity index (χ1) is 14.1. The zero-order chi connectivity index (χ0) is 20.4. The van der Waals surface area contributed by atoms with Gasteiger partial charge in [-0.3, -0.25) is 9.59 Å². The van der Waals surface area contributed by atoms with E-state index in [1.54, 1.807) is 6.08 Å². The van der Waals surface area contributed by atoms with Gasteiger partial charge in [-0.05, 0) is 51.2 Å². The van der Waals surface area contributed by atoms with E-state index in [4.69, 9.17) is 0 Å². The molecule has 1 saturated heterocycles. The van der Waals surface area contributed by atoms with Gasteiger partial charge < -0.3 is 14.8 Å². The van der Waals surface area contributed by atoms with Gasteiger partial charge in [0.05, 0.1) is 0 Å². The number of fused-ring (bicyclic) bond motifs is 1. The van der Waals surface area contributed by atoms with Gasteiger partial charge in [0, 0.05) is 41.3 Å². The molecule has 6 nitrogen and oxygen atoms in total. The quantitative estimate of drug-likeness (QED) is 0.629. The van der Waals surface area contributed by atoms with Crippen LogP contribution in [-0.2, 0) is 16.1 Å². The summed E-state index contributed by atoms with van der Waals surface area (Å²) in [4.78, 5) is 27.2. The number of piperidine rings is 1. The maximum Gasteiger partial charge on any atom is 0.262 e. The van der Waals surface area contributed by atoms with Crippen molar-refractivity contribution in [3.63, 3.8) is 0 Å². The molecule has 1 aliphatic heterocycles. The molecule has 0 bridgehead atoms. The Morgan fingerprint density at radius 1 is 1.24 bits per heavy atom. The number of aromatic nitrogens is 1. The average Bonchev–Trinajstić information content (AvgIpc) is 3.48. The van der Waals surface area contributed by atoms with Crippen molar-refractivity contribution < 1.29 is 9.59 Å². The van der Waals surface area contributed by atoms with Gasteiger partial charge in [-0.2, -0.15) is 5.26 Å². The summed E-state index contributed by atoms with van der Waals surface area (Å²) < 4.78 is 1.93. The maximum atomic E-state index is 12.9. The fourth-order valence-corrected chi connectivity index (χ4v) is 4.02. The molecule has 2 fully saturated rings. The monoisotopic (exact) mass is 390 g/mol. The molecule has 1 atom stereocenters. The minimum Gasteiger partial charge on any atom is -0.349 e. The van der Waals surface area contributed by atoms with Crippen LogP contribution in [0.1, 0.15) is 44.6 Å². The Labute approximate surface area is 170 Å². The van der Waals surface area contributed by atoms with Gasteiger partial charge in [-0.25, -0.2) is 0 Å². The van der Waals surface area contributed by atoms with E-state index >= 15 is 0 Å². The second-order valence-electron chi connectivity index (χ2n) is 8.08. The summed E-state index contributed by atoms with van der Waals surface area (Å²) in [6.45, 7) is 3.18. The van der Waals surface area contributed by atoms with E-state index < -0.39 is 0 Å². The van der Waals surface area contributed by atoms with Gasteiger partial charge in [-0.15, -0.1) is 0 Å². The Morgan fingerprint density at radius 3 is 2.76 bits per heavy atom. The topological polar surface area (TPSA) is 78.1 Å². The van der Waals surface area contributed by atoms with Crippen molar-refractivity contribution in [1.82, 2.24) is 14.8 Å². The molecule has 150 valence electrons. The summed E-state index contributed by atoms with van der Waals surface area (Å²) in [5, 5.41) is 13.3. The van der Waals surface area contributed by atoms with Gasteiger partial charge in [-0.1, -0.05) is 18.2 Å². The average molecular weight is 390 g/mol. The van der Waals surface area contributed by atoms with Crippen molar-refractivity contribution in [3.8, 4) is 6.07 Å². The van der Waals surface area contributed by atoms with Crippen LogP contribution < -0.4 is 5.32 Å². The number of carbonyl (C=O) groups excluding carboxylic acids is 2. The van der Waals surface area contributed by atoms with Crippen LogP contribution in [0.3, 0.4) is 0 Å². The molecule has 2 heterocycles. The van der Waals surface area contributed by atoms with E-state index in [0.29, 0.717) is 0 Å². The maximum absolute atomic E-state index is 12.9. The van der Waals surface area contributed by atoms with Crippen molar-refractivity contribution in [2.45, 2.75) is 57.7 Å². The number of likely N-dealkylation sites (tertiary alicyclic amines) is 1. The van der Waals surface area contributed by atoms with Gasteiger partial charge in [0.15, 0.2) is 0 Å². The van der Waals surface area contributed by atoms with Gasteiger partial charge >= 0.3 is 0 Å². The van der Waals surface area contributed by atoms with Gasteiger partial charge in [0.25, 0.3) is 5.91 Å². The van der Waals surface area contributed by atoms with E-state index in [9.17, 15) is 14.9 Å². The van der Waals surface area contributed by atoms with Crippen LogP contribution in [-0.4, -0.2) is 39.9 Å². The number of hydrogen-bond acceptors (Lipinski definition) is 3. The number of carbonyl (C=O) groups is 2. The second-order valence-corrected chi connectivity index (χ2v) is 8.08. The van der Waals surface area contributed by atoms with E-state index in [0.717, 1.165) is 48.7 Å². The minimum atomic E-state index is -0.329. The summed E-state index contributed by atoms with van der Waals surface area (Å²) in [5.74, 6) is -0.217. The van der Waals surface area contributed by atoms with E-state index in [1.165, 1.54) is 6.42 Å². The van der Waals surface area contributed by atoms with Crippen LogP contribution in [0.15, 0.2) is 36.0 Å². The predicted molar refractivity (Wildman–Crippen MR) is 112 cm³/mol. The first kappa shape index (κ1) is 19.3. The zero-order valence-electron chi connectivity index (χ0n) is 16.7. The standard InChI is InChI=1S/C23H26N4O2/c1-16-6-4-5-11-27(16)22(28)15-26-14-18(20-7-2-3-8-21(20)26)12-17(13-24)23(29)25-19-9-10-19/h2-3,7-8,12,14,16,19H,4-6,9-11,15H2,1H3,(H,25,29)/b17-12+/t16-/m0/s1. The smallest absolute Gasteiger partial charge is 0.262 e. The fourth-order valence-electron chi connectivity index (χ4n) is 4.02. The van der Waals surface area contributed by atoms with Crippen LogP contribution in [0.2, 0.25) is 0 Å². The Morgan fingerprint density at radius 2 is 2.03 bits per heavy atom. The SMILES string of the molecule is C[C@H]1CCCCN1C(=O)Cn1cc(/C=C(\C#N)C(=O)NC2CC2)c2ccccc21. The molecule has 1 aliphatic carbocycles. The minimum absolute atomic E-state index is 0.0933. The molecule has 4 rings (SSSR count). The molecule has 0 unspecified atom stereocenters. The molecule has 2 aliphatic rings. The number of nitrogens with zero attached hydrogens (tertiary/aromatic N) is 3.